The maximum atomic E-state index is 12.1. The molecule has 2 amide bonds. The van der Waals surface area contributed by atoms with E-state index in [0.717, 1.165) is 12.8 Å². The van der Waals surface area contributed by atoms with Gasteiger partial charge < -0.3 is 10.2 Å². The highest BCUT2D eigenvalue weighted by atomic mass is 16.2. The first-order valence-electron chi connectivity index (χ1n) is 8.40. The standard InChI is InChI=1S/C16H31N3O2/c1-4-19(5-2)16(21)13(3)17-12-15(20)18-14-10-8-6-7-9-11-14/h13-14,17H,4-12H2,1-3H3,(H,18,20). The molecule has 0 aromatic heterocycles. The Kier molecular flexibility index (Phi) is 8.35. The van der Waals surface area contributed by atoms with Crippen LogP contribution in [0.4, 0.5) is 0 Å². The molecule has 1 rings (SSSR count). The van der Waals surface area contributed by atoms with E-state index in [-0.39, 0.29) is 24.4 Å². The Morgan fingerprint density at radius 1 is 1.10 bits per heavy atom. The first-order valence-corrected chi connectivity index (χ1v) is 8.40. The van der Waals surface area contributed by atoms with Gasteiger partial charge in [0.25, 0.3) is 0 Å². The first kappa shape index (κ1) is 18.0. The third-order valence-electron chi connectivity index (χ3n) is 4.23. The molecule has 0 aromatic carbocycles. The summed E-state index contributed by atoms with van der Waals surface area (Å²) < 4.78 is 0. The van der Waals surface area contributed by atoms with Gasteiger partial charge in [0.2, 0.25) is 11.8 Å². The molecule has 0 heterocycles. The smallest absolute Gasteiger partial charge is 0.239 e. The van der Waals surface area contributed by atoms with E-state index in [9.17, 15) is 9.59 Å². The molecular weight excluding hydrogens is 266 g/mol. The van der Waals surface area contributed by atoms with Crippen LogP contribution in [0.15, 0.2) is 0 Å². The number of nitrogens with one attached hydrogen (secondary N) is 2. The number of hydrogen-bond acceptors (Lipinski definition) is 3. The third-order valence-corrected chi connectivity index (χ3v) is 4.23. The van der Waals surface area contributed by atoms with E-state index in [4.69, 9.17) is 0 Å². The molecule has 1 saturated carbocycles. The topological polar surface area (TPSA) is 61.4 Å². The molecule has 1 atom stereocenters. The second-order valence-electron chi connectivity index (χ2n) is 5.87. The van der Waals surface area contributed by atoms with E-state index in [0.29, 0.717) is 19.1 Å². The van der Waals surface area contributed by atoms with Crippen molar-refractivity contribution in [3.05, 3.63) is 0 Å². The number of likely N-dealkylation sites (N-methyl/N-ethyl adjacent to an activating group) is 1. The number of carbonyl (C=O) groups excluding carboxylic acids is 2. The van der Waals surface area contributed by atoms with E-state index in [1.165, 1.54) is 25.7 Å². The lowest BCUT2D eigenvalue weighted by Crippen LogP contribution is -2.48. The summed E-state index contributed by atoms with van der Waals surface area (Å²) in [6.45, 7) is 7.37. The number of amides is 2. The number of rotatable bonds is 7. The molecule has 1 aliphatic carbocycles. The van der Waals surface area contributed by atoms with Crippen LogP contribution in [0.3, 0.4) is 0 Å². The second kappa shape index (κ2) is 9.77. The zero-order chi connectivity index (χ0) is 15.7. The van der Waals surface area contributed by atoms with E-state index in [1.54, 1.807) is 4.90 Å². The van der Waals surface area contributed by atoms with Crippen LogP contribution in [0, 0.1) is 0 Å². The molecule has 1 aliphatic rings. The van der Waals surface area contributed by atoms with E-state index in [1.807, 2.05) is 20.8 Å². The van der Waals surface area contributed by atoms with Crippen LogP contribution in [0.2, 0.25) is 0 Å². The van der Waals surface area contributed by atoms with Crippen LogP contribution in [0.5, 0.6) is 0 Å². The van der Waals surface area contributed by atoms with Gasteiger partial charge in [0.05, 0.1) is 12.6 Å². The third kappa shape index (κ3) is 6.46. The van der Waals surface area contributed by atoms with Crippen molar-refractivity contribution in [3.63, 3.8) is 0 Å². The Hall–Kier alpha value is -1.10. The normalized spacial score (nSPS) is 17.9. The highest BCUT2D eigenvalue weighted by molar-refractivity contribution is 5.83. The van der Waals surface area contributed by atoms with Gasteiger partial charge in [-0.05, 0) is 33.6 Å². The summed E-state index contributed by atoms with van der Waals surface area (Å²) in [5.41, 5.74) is 0. The summed E-state index contributed by atoms with van der Waals surface area (Å²) in [5.74, 6) is 0.0587. The van der Waals surface area contributed by atoms with Gasteiger partial charge in [-0.1, -0.05) is 25.7 Å². The predicted octanol–water partition coefficient (Wildman–Crippen LogP) is 1.67. The molecule has 0 aromatic rings. The minimum absolute atomic E-state index is 0.00102. The highest BCUT2D eigenvalue weighted by Crippen LogP contribution is 2.16. The van der Waals surface area contributed by atoms with Crippen molar-refractivity contribution < 1.29 is 9.59 Å². The van der Waals surface area contributed by atoms with Crippen molar-refractivity contribution in [2.75, 3.05) is 19.6 Å². The maximum absolute atomic E-state index is 12.1. The van der Waals surface area contributed by atoms with Gasteiger partial charge in [0.1, 0.15) is 0 Å². The molecule has 1 fully saturated rings. The van der Waals surface area contributed by atoms with Crippen molar-refractivity contribution >= 4 is 11.8 Å². The molecule has 0 saturated heterocycles. The van der Waals surface area contributed by atoms with Crippen molar-refractivity contribution in [1.82, 2.24) is 15.5 Å². The molecule has 0 aliphatic heterocycles. The minimum atomic E-state index is -0.315. The predicted molar refractivity (Wildman–Crippen MR) is 85.0 cm³/mol. The van der Waals surface area contributed by atoms with Crippen molar-refractivity contribution in [2.45, 2.75) is 71.4 Å². The monoisotopic (exact) mass is 297 g/mol. The van der Waals surface area contributed by atoms with Crippen LogP contribution in [0.1, 0.15) is 59.3 Å². The summed E-state index contributed by atoms with van der Waals surface area (Å²) in [7, 11) is 0. The molecule has 5 heteroatoms. The molecule has 122 valence electrons. The SMILES string of the molecule is CCN(CC)C(=O)C(C)NCC(=O)NC1CCCCCC1. The Labute approximate surface area is 128 Å². The average molecular weight is 297 g/mol. The molecule has 21 heavy (non-hydrogen) atoms. The first-order chi connectivity index (χ1) is 10.1. The molecule has 0 bridgehead atoms. The van der Waals surface area contributed by atoms with Gasteiger partial charge in [-0.25, -0.2) is 0 Å². The molecule has 1 unspecified atom stereocenters. The van der Waals surface area contributed by atoms with E-state index in [2.05, 4.69) is 10.6 Å². The Bertz CT molecular complexity index is 321. The molecule has 5 nitrogen and oxygen atoms in total. The Balaban J connectivity index is 2.29. The fraction of sp³-hybridized carbons (Fsp3) is 0.875. The molecule has 2 N–H and O–H groups in total. The lowest BCUT2D eigenvalue weighted by atomic mass is 10.1. The Morgan fingerprint density at radius 3 is 2.19 bits per heavy atom. The summed E-state index contributed by atoms with van der Waals surface area (Å²) >= 11 is 0. The van der Waals surface area contributed by atoms with Gasteiger partial charge in [-0.15, -0.1) is 0 Å². The van der Waals surface area contributed by atoms with Crippen LogP contribution in [-0.4, -0.2) is 48.4 Å². The van der Waals surface area contributed by atoms with Crippen LogP contribution in [0.25, 0.3) is 0 Å². The zero-order valence-electron chi connectivity index (χ0n) is 13.8. The quantitative estimate of drug-likeness (QED) is 0.703. The van der Waals surface area contributed by atoms with Crippen molar-refractivity contribution in [2.24, 2.45) is 0 Å². The molecular formula is C16H31N3O2. The van der Waals surface area contributed by atoms with Crippen molar-refractivity contribution in [3.8, 4) is 0 Å². The van der Waals surface area contributed by atoms with Crippen LogP contribution in [-0.2, 0) is 9.59 Å². The zero-order valence-corrected chi connectivity index (χ0v) is 13.8. The Morgan fingerprint density at radius 2 is 1.67 bits per heavy atom. The van der Waals surface area contributed by atoms with Gasteiger partial charge in [-0.2, -0.15) is 0 Å². The maximum Gasteiger partial charge on any atom is 0.239 e. The van der Waals surface area contributed by atoms with Crippen molar-refractivity contribution in [1.29, 1.82) is 0 Å². The fourth-order valence-corrected chi connectivity index (χ4v) is 2.84. The average Bonchev–Trinajstić information content (AvgIpc) is 2.74. The van der Waals surface area contributed by atoms with Gasteiger partial charge in [0.15, 0.2) is 0 Å². The van der Waals surface area contributed by atoms with Crippen LogP contribution < -0.4 is 10.6 Å². The number of hydrogen-bond donors (Lipinski definition) is 2. The van der Waals surface area contributed by atoms with Gasteiger partial charge >= 0.3 is 0 Å². The van der Waals surface area contributed by atoms with Gasteiger partial charge in [-0.3, -0.25) is 14.9 Å². The van der Waals surface area contributed by atoms with E-state index >= 15 is 0 Å². The summed E-state index contributed by atoms with van der Waals surface area (Å²) in [6, 6.07) is 0.000346. The van der Waals surface area contributed by atoms with E-state index < -0.39 is 0 Å². The minimum Gasteiger partial charge on any atom is -0.352 e. The largest absolute Gasteiger partial charge is 0.352 e. The lowest BCUT2D eigenvalue weighted by Gasteiger charge is -2.23. The van der Waals surface area contributed by atoms with Gasteiger partial charge in [0, 0.05) is 19.1 Å². The molecule has 0 radical (unpaired) electrons. The molecule has 0 spiro atoms. The fourth-order valence-electron chi connectivity index (χ4n) is 2.84. The number of carbonyl (C=O) groups is 2. The summed E-state index contributed by atoms with van der Waals surface area (Å²) in [5, 5.41) is 6.12. The lowest BCUT2D eigenvalue weighted by molar-refractivity contribution is -0.132. The highest BCUT2D eigenvalue weighted by Gasteiger charge is 2.19. The summed E-state index contributed by atoms with van der Waals surface area (Å²) in [4.78, 5) is 25.8. The second-order valence-corrected chi connectivity index (χ2v) is 5.87. The number of nitrogens with zero attached hydrogens (tertiary/aromatic N) is 1. The summed E-state index contributed by atoms with van der Waals surface area (Å²) in [6.07, 6.45) is 7.13. The van der Waals surface area contributed by atoms with Crippen LogP contribution >= 0.6 is 0 Å².